The predicted octanol–water partition coefficient (Wildman–Crippen LogP) is 3.17. The van der Waals surface area contributed by atoms with Crippen molar-refractivity contribution in [2.75, 3.05) is 19.8 Å². The summed E-state index contributed by atoms with van der Waals surface area (Å²) in [5.41, 5.74) is 3.51. The Morgan fingerprint density at radius 2 is 1.92 bits per heavy atom. The minimum atomic E-state index is 0.0987. The quantitative estimate of drug-likeness (QED) is 0.737. The Balaban J connectivity index is 1.60. The Morgan fingerprint density at radius 1 is 1.19 bits per heavy atom. The van der Waals surface area contributed by atoms with Crippen molar-refractivity contribution >= 4 is 0 Å². The lowest BCUT2D eigenvalue weighted by Crippen LogP contribution is -2.37. The zero-order chi connectivity index (χ0) is 18.5. The Labute approximate surface area is 156 Å². The number of hydrogen-bond acceptors (Lipinski definition) is 4. The lowest BCUT2D eigenvalue weighted by molar-refractivity contribution is 0.110. The van der Waals surface area contributed by atoms with Crippen molar-refractivity contribution in [2.45, 2.75) is 52.9 Å². The lowest BCUT2D eigenvalue weighted by atomic mass is 10.1. The fourth-order valence-corrected chi connectivity index (χ4v) is 3.50. The molecule has 2 aromatic rings. The number of nitrogens with zero attached hydrogens (tertiary/aromatic N) is 3. The second-order valence-corrected chi connectivity index (χ2v) is 7.60. The van der Waals surface area contributed by atoms with E-state index in [0.717, 1.165) is 50.7 Å². The molecule has 1 atom stereocenters. The van der Waals surface area contributed by atoms with Crippen LogP contribution < -0.4 is 0 Å². The highest BCUT2D eigenvalue weighted by Crippen LogP contribution is 2.27. The first-order chi connectivity index (χ1) is 12.6. The van der Waals surface area contributed by atoms with Crippen molar-refractivity contribution in [3.63, 3.8) is 0 Å². The first-order valence-corrected chi connectivity index (χ1v) is 9.63. The van der Waals surface area contributed by atoms with E-state index in [1.807, 2.05) is 18.3 Å². The van der Waals surface area contributed by atoms with E-state index >= 15 is 0 Å². The molecule has 1 aliphatic heterocycles. The second-order valence-electron chi connectivity index (χ2n) is 7.60. The van der Waals surface area contributed by atoms with Crippen LogP contribution in [0.25, 0.3) is 0 Å². The molecule has 0 amide bonds. The summed E-state index contributed by atoms with van der Waals surface area (Å²) in [6.45, 7) is 11.2. The van der Waals surface area contributed by atoms with Crippen LogP contribution in [0.3, 0.4) is 0 Å². The Hall–Kier alpha value is -1.69. The van der Waals surface area contributed by atoms with Crippen LogP contribution in [-0.2, 0) is 30.9 Å². The predicted molar refractivity (Wildman–Crippen MR) is 103 cm³/mol. The minimum Gasteiger partial charge on any atom is -0.392 e. The normalized spacial score (nSPS) is 17.7. The summed E-state index contributed by atoms with van der Waals surface area (Å²) in [7, 11) is 0. The van der Waals surface area contributed by atoms with Gasteiger partial charge >= 0.3 is 0 Å². The third-order valence-corrected chi connectivity index (χ3v) is 5.05. The number of fused-ring (bicyclic) bond motifs is 1. The maximum Gasteiger partial charge on any atom is 0.126 e. The molecule has 2 heterocycles. The zero-order valence-electron chi connectivity index (χ0n) is 16.2. The number of aliphatic hydroxyl groups excluding tert-OH is 1. The van der Waals surface area contributed by atoms with Gasteiger partial charge in [-0.2, -0.15) is 0 Å². The van der Waals surface area contributed by atoms with Crippen molar-refractivity contribution in [1.82, 2.24) is 14.5 Å². The highest BCUT2D eigenvalue weighted by Gasteiger charge is 2.26. The smallest absolute Gasteiger partial charge is 0.126 e. The van der Waals surface area contributed by atoms with Gasteiger partial charge in [-0.1, -0.05) is 38.1 Å². The third-order valence-electron chi connectivity index (χ3n) is 5.05. The van der Waals surface area contributed by atoms with Crippen molar-refractivity contribution < 1.29 is 9.84 Å². The van der Waals surface area contributed by atoms with Crippen molar-refractivity contribution in [3.05, 3.63) is 53.1 Å². The van der Waals surface area contributed by atoms with Gasteiger partial charge in [0.2, 0.25) is 0 Å². The highest BCUT2D eigenvalue weighted by molar-refractivity contribution is 5.22. The fourth-order valence-electron chi connectivity index (χ4n) is 3.50. The molecule has 0 spiro atoms. The van der Waals surface area contributed by atoms with E-state index in [9.17, 15) is 5.11 Å². The van der Waals surface area contributed by atoms with E-state index in [4.69, 9.17) is 9.72 Å². The molecule has 0 saturated heterocycles. The molecule has 0 saturated carbocycles. The SMILES string of the molecule is CC(C)COCCc1cnc2n1CCN(Cc1ccc(CO)cc1)C2C. The molecule has 5 nitrogen and oxygen atoms in total. The van der Waals surface area contributed by atoms with Crippen LogP contribution >= 0.6 is 0 Å². The summed E-state index contributed by atoms with van der Waals surface area (Å²) in [6.07, 6.45) is 2.94. The van der Waals surface area contributed by atoms with Crippen LogP contribution in [0.5, 0.6) is 0 Å². The average molecular weight is 357 g/mol. The van der Waals surface area contributed by atoms with E-state index in [0.29, 0.717) is 12.0 Å². The number of aliphatic hydroxyl groups is 1. The molecule has 1 unspecified atom stereocenters. The molecule has 0 radical (unpaired) electrons. The fraction of sp³-hybridized carbons (Fsp3) is 0.571. The van der Waals surface area contributed by atoms with Gasteiger partial charge in [0, 0.05) is 44.6 Å². The zero-order valence-corrected chi connectivity index (χ0v) is 16.2. The van der Waals surface area contributed by atoms with Crippen LogP contribution in [0.15, 0.2) is 30.5 Å². The van der Waals surface area contributed by atoms with Crippen LogP contribution in [0.2, 0.25) is 0 Å². The minimum absolute atomic E-state index is 0.0987. The number of hydrogen-bond donors (Lipinski definition) is 1. The van der Waals surface area contributed by atoms with Gasteiger partial charge in [-0.15, -0.1) is 0 Å². The molecule has 142 valence electrons. The lowest BCUT2D eigenvalue weighted by Gasteiger charge is -2.34. The molecule has 26 heavy (non-hydrogen) atoms. The Kier molecular flexibility index (Phi) is 6.46. The Morgan fingerprint density at radius 3 is 2.62 bits per heavy atom. The summed E-state index contributed by atoms with van der Waals surface area (Å²) in [4.78, 5) is 7.17. The second kappa shape index (κ2) is 8.80. The van der Waals surface area contributed by atoms with E-state index in [-0.39, 0.29) is 6.61 Å². The van der Waals surface area contributed by atoms with E-state index in [1.54, 1.807) is 0 Å². The molecule has 0 bridgehead atoms. The molecule has 1 aromatic carbocycles. The molecule has 0 aliphatic carbocycles. The summed E-state index contributed by atoms with van der Waals surface area (Å²) in [5, 5.41) is 9.18. The van der Waals surface area contributed by atoms with E-state index in [2.05, 4.69) is 42.4 Å². The maximum absolute atomic E-state index is 9.18. The van der Waals surface area contributed by atoms with Crippen molar-refractivity contribution in [3.8, 4) is 0 Å². The third kappa shape index (κ3) is 4.53. The Bertz CT molecular complexity index is 694. The van der Waals surface area contributed by atoms with Crippen molar-refractivity contribution in [2.24, 2.45) is 5.92 Å². The van der Waals surface area contributed by atoms with Gasteiger partial charge in [0.05, 0.1) is 19.3 Å². The highest BCUT2D eigenvalue weighted by atomic mass is 16.5. The summed E-state index contributed by atoms with van der Waals surface area (Å²) in [6, 6.07) is 8.51. The monoisotopic (exact) mass is 357 g/mol. The van der Waals surface area contributed by atoms with Crippen LogP contribution in [0, 0.1) is 5.92 Å². The molecule has 1 aliphatic rings. The van der Waals surface area contributed by atoms with Gasteiger partial charge in [-0.05, 0) is 24.0 Å². The number of aromatic nitrogens is 2. The van der Waals surface area contributed by atoms with Gasteiger partial charge in [-0.25, -0.2) is 4.98 Å². The van der Waals surface area contributed by atoms with Gasteiger partial charge in [0.15, 0.2) is 0 Å². The molecule has 5 heteroatoms. The van der Waals surface area contributed by atoms with E-state index in [1.165, 1.54) is 11.3 Å². The summed E-state index contributed by atoms with van der Waals surface area (Å²) >= 11 is 0. The van der Waals surface area contributed by atoms with Crippen LogP contribution in [0.4, 0.5) is 0 Å². The first kappa shape index (κ1) is 19.1. The van der Waals surface area contributed by atoms with Crippen LogP contribution in [-0.4, -0.2) is 39.3 Å². The number of benzene rings is 1. The molecular weight excluding hydrogens is 326 g/mol. The van der Waals surface area contributed by atoms with E-state index < -0.39 is 0 Å². The van der Waals surface area contributed by atoms with Gasteiger partial charge in [-0.3, -0.25) is 4.90 Å². The molecule has 3 rings (SSSR count). The number of rotatable bonds is 8. The maximum atomic E-state index is 9.18. The van der Waals surface area contributed by atoms with Crippen LogP contribution in [0.1, 0.15) is 49.5 Å². The van der Waals surface area contributed by atoms with Crippen molar-refractivity contribution in [1.29, 1.82) is 0 Å². The largest absolute Gasteiger partial charge is 0.392 e. The van der Waals surface area contributed by atoms with Gasteiger partial charge in [0.1, 0.15) is 5.82 Å². The topological polar surface area (TPSA) is 50.5 Å². The number of ether oxygens (including phenoxy) is 1. The summed E-state index contributed by atoms with van der Waals surface area (Å²) in [5.74, 6) is 1.73. The average Bonchev–Trinajstić information content (AvgIpc) is 3.05. The molecule has 1 N–H and O–H groups in total. The molecule has 1 aromatic heterocycles. The van der Waals surface area contributed by atoms with Gasteiger partial charge in [0.25, 0.3) is 0 Å². The summed E-state index contributed by atoms with van der Waals surface area (Å²) < 4.78 is 8.11. The first-order valence-electron chi connectivity index (χ1n) is 9.63. The standard InChI is InChI=1S/C21H31N3O2/c1-16(2)15-26-11-8-20-12-22-21-17(3)23(9-10-24(20)21)13-18-4-6-19(14-25)7-5-18/h4-7,12,16-17,25H,8-11,13-15H2,1-3H3. The number of imidazole rings is 1. The molecular formula is C21H31N3O2. The van der Waals surface area contributed by atoms with Gasteiger partial charge < -0.3 is 14.4 Å². The molecule has 0 fully saturated rings.